The van der Waals surface area contributed by atoms with Gasteiger partial charge in [0.1, 0.15) is 0 Å². The van der Waals surface area contributed by atoms with Crippen molar-refractivity contribution in [3.63, 3.8) is 0 Å². The van der Waals surface area contributed by atoms with Gasteiger partial charge in [-0.3, -0.25) is 4.31 Å². The van der Waals surface area contributed by atoms with Crippen molar-refractivity contribution >= 4 is 31.6 Å². The zero-order chi connectivity index (χ0) is 17.0. The lowest BCUT2D eigenvalue weighted by Crippen LogP contribution is -2.30. The minimum absolute atomic E-state index is 0.269. The molecule has 0 amide bonds. The SMILES string of the molecule is O=S(=O)(c1ccc(Br)cc1)N(Cc1ccccc1)c1ccccc1. The van der Waals surface area contributed by atoms with E-state index < -0.39 is 10.0 Å². The molecule has 3 rings (SSSR count). The predicted molar refractivity (Wildman–Crippen MR) is 100 cm³/mol. The summed E-state index contributed by atoms with van der Waals surface area (Å²) < 4.78 is 28.6. The molecular formula is C19H16BrNO2S. The van der Waals surface area contributed by atoms with Crippen LogP contribution in [0.25, 0.3) is 0 Å². The quantitative estimate of drug-likeness (QED) is 0.612. The highest BCUT2D eigenvalue weighted by molar-refractivity contribution is 9.10. The molecular weight excluding hydrogens is 386 g/mol. The van der Waals surface area contributed by atoms with Crippen LogP contribution in [-0.4, -0.2) is 8.42 Å². The molecule has 0 saturated carbocycles. The van der Waals surface area contributed by atoms with E-state index in [2.05, 4.69) is 15.9 Å². The second kappa shape index (κ2) is 7.20. The fourth-order valence-electron chi connectivity index (χ4n) is 2.39. The van der Waals surface area contributed by atoms with Gasteiger partial charge in [0.25, 0.3) is 10.0 Å². The van der Waals surface area contributed by atoms with Gasteiger partial charge in [0.05, 0.1) is 17.1 Å². The molecule has 0 N–H and O–H groups in total. The second-order valence-electron chi connectivity index (χ2n) is 5.29. The first-order valence-electron chi connectivity index (χ1n) is 7.45. The van der Waals surface area contributed by atoms with E-state index >= 15 is 0 Å². The van der Waals surface area contributed by atoms with Gasteiger partial charge in [-0.2, -0.15) is 0 Å². The van der Waals surface area contributed by atoms with Crippen LogP contribution in [0.2, 0.25) is 0 Å². The summed E-state index contributed by atoms with van der Waals surface area (Å²) in [6.45, 7) is 0.281. The van der Waals surface area contributed by atoms with Gasteiger partial charge in [-0.1, -0.05) is 64.5 Å². The van der Waals surface area contributed by atoms with Crippen LogP contribution in [0.4, 0.5) is 5.69 Å². The number of hydrogen-bond donors (Lipinski definition) is 0. The summed E-state index contributed by atoms with van der Waals surface area (Å²) in [6, 6.07) is 25.4. The lowest BCUT2D eigenvalue weighted by Gasteiger charge is -2.24. The van der Waals surface area contributed by atoms with Gasteiger partial charge < -0.3 is 0 Å². The average Bonchev–Trinajstić information content (AvgIpc) is 2.61. The Hall–Kier alpha value is -2.11. The van der Waals surface area contributed by atoms with Crippen molar-refractivity contribution in [3.8, 4) is 0 Å². The van der Waals surface area contributed by atoms with Crippen molar-refractivity contribution in [2.75, 3.05) is 4.31 Å². The van der Waals surface area contributed by atoms with Crippen molar-refractivity contribution < 1.29 is 8.42 Å². The molecule has 0 aliphatic heterocycles. The van der Waals surface area contributed by atoms with Crippen molar-refractivity contribution in [3.05, 3.63) is 95.0 Å². The van der Waals surface area contributed by atoms with Crippen LogP contribution in [0.5, 0.6) is 0 Å². The third-order valence-electron chi connectivity index (χ3n) is 3.61. The smallest absolute Gasteiger partial charge is 0.262 e. The number of hydrogen-bond acceptors (Lipinski definition) is 2. The predicted octanol–water partition coefficient (Wildman–Crippen LogP) is 4.84. The number of para-hydroxylation sites is 1. The highest BCUT2D eigenvalue weighted by atomic mass is 79.9. The van der Waals surface area contributed by atoms with Crippen LogP contribution in [-0.2, 0) is 16.6 Å². The molecule has 0 aliphatic carbocycles. The minimum Gasteiger partial charge on any atom is -0.262 e. The van der Waals surface area contributed by atoms with E-state index in [0.29, 0.717) is 5.69 Å². The maximum atomic E-state index is 13.2. The Morgan fingerprint density at radius 3 is 1.88 bits per heavy atom. The van der Waals surface area contributed by atoms with Gasteiger partial charge in [-0.25, -0.2) is 8.42 Å². The fourth-order valence-corrected chi connectivity index (χ4v) is 4.11. The van der Waals surface area contributed by atoms with Crippen LogP contribution in [0.3, 0.4) is 0 Å². The van der Waals surface area contributed by atoms with Crippen LogP contribution in [0.15, 0.2) is 94.3 Å². The normalized spacial score (nSPS) is 11.2. The molecule has 0 fully saturated rings. The molecule has 3 aromatic rings. The molecule has 122 valence electrons. The monoisotopic (exact) mass is 401 g/mol. The first-order chi connectivity index (χ1) is 11.6. The molecule has 0 aromatic heterocycles. The third kappa shape index (κ3) is 3.68. The third-order valence-corrected chi connectivity index (χ3v) is 5.93. The van der Waals surface area contributed by atoms with Crippen LogP contribution in [0.1, 0.15) is 5.56 Å². The summed E-state index contributed by atoms with van der Waals surface area (Å²) in [6.07, 6.45) is 0. The lowest BCUT2D eigenvalue weighted by atomic mass is 10.2. The summed E-state index contributed by atoms with van der Waals surface area (Å²) in [5, 5.41) is 0. The van der Waals surface area contributed by atoms with Crippen LogP contribution >= 0.6 is 15.9 Å². The van der Waals surface area contributed by atoms with E-state index in [1.54, 1.807) is 36.4 Å². The molecule has 0 bridgehead atoms. The molecule has 0 atom stereocenters. The minimum atomic E-state index is -3.66. The Labute approximate surface area is 150 Å². The Bertz CT molecular complexity index is 895. The zero-order valence-corrected chi connectivity index (χ0v) is 15.2. The number of anilines is 1. The van der Waals surface area contributed by atoms with Gasteiger partial charge in [-0.05, 0) is 42.0 Å². The van der Waals surface area contributed by atoms with Crippen LogP contribution < -0.4 is 4.31 Å². The molecule has 0 radical (unpaired) electrons. The lowest BCUT2D eigenvalue weighted by molar-refractivity contribution is 0.590. The molecule has 5 heteroatoms. The van der Waals surface area contributed by atoms with E-state index in [4.69, 9.17) is 0 Å². The second-order valence-corrected chi connectivity index (χ2v) is 8.06. The number of halogens is 1. The van der Waals surface area contributed by atoms with E-state index in [1.165, 1.54) is 4.31 Å². The standard InChI is InChI=1S/C19H16BrNO2S/c20-17-11-13-19(14-12-17)24(22,23)21(18-9-5-2-6-10-18)15-16-7-3-1-4-8-16/h1-14H,15H2. The van der Waals surface area contributed by atoms with Gasteiger partial charge in [-0.15, -0.1) is 0 Å². The summed E-state index contributed by atoms with van der Waals surface area (Å²) in [7, 11) is -3.66. The summed E-state index contributed by atoms with van der Waals surface area (Å²) >= 11 is 3.34. The van der Waals surface area contributed by atoms with Gasteiger partial charge >= 0.3 is 0 Å². The largest absolute Gasteiger partial charge is 0.264 e. The Balaban J connectivity index is 2.05. The molecule has 0 saturated heterocycles. The van der Waals surface area contributed by atoms with Crippen molar-refractivity contribution in [1.82, 2.24) is 0 Å². The van der Waals surface area contributed by atoms with Crippen molar-refractivity contribution in [2.45, 2.75) is 11.4 Å². The number of sulfonamides is 1. The molecule has 0 spiro atoms. The Morgan fingerprint density at radius 1 is 0.750 bits per heavy atom. The highest BCUT2D eigenvalue weighted by Crippen LogP contribution is 2.26. The van der Waals surface area contributed by atoms with Gasteiger partial charge in [0.15, 0.2) is 0 Å². The molecule has 0 unspecified atom stereocenters. The maximum Gasteiger partial charge on any atom is 0.264 e. The molecule has 3 aromatic carbocycles. The molecule has 3 nitrogen and oxygen atoms in total. The first kappa shape index (κ1) is 16.7. The number of nitrogens with zero attached hydrogens (tertiary/aromatic N) is 1. The fraction of sp³-hybridized carbons (Fsp3) is 0.0526. The van der Waals surface area contributed by atoms with Gasteiger partial charge in [0, 0.05) is 4.47 Å². The van der Waals surface area contributed by atoms with E-state index in [-0.39, 0.29) is 11.4 Å². The Kier molecular flexibility index (Phi) is 5.02. The van der Waals surface area contributed by atoms with E-state index in [0.717, 1.165) is 10.0 Å². The zero-order valence-electron chi connectivity index (χ0n) is 12.8. The Morgan fingerprint density at radius 2 is 1.29 bits per heavy atom. The van der Waals surface area contributed by atoms with Crippen LogP contribution in [0, 0.1) is 0 Å². The van der Waals surface area contributed by atoms with Crippen molar-refractivity contribution in [1.29, 1.82) is 0 Å². The van der Waals surface area contributed by atoms with E-state index in [1.807, 2.05) is 48.5 Å². The number of rotatable bonds is 5. The molecule has 0 aliphatic rings. The summed E-state index contributed by atoms with van der Waals surface area (Å²) in [5.41, 5.74) is 1.58. The molecule has 24 heavy (non-hydrogen) atoms. The molecule has 0 heterocycles. The highest BCUT2D eigenvalue weighted by Gasteiger charge is 2.25. The van der Waals surface area contributed by atoms with Crippen molar-refractivity contribution in [2.24, 2.45) is 0 Å². The first-order valence-corrected chi connectivity index (χ1v) is 9.68. The van der Waals surface area contributed by atoms with E-state index in [9.17, 15) is 8.42 Å². The number of benzene rings is 3. The summed E-state index contributed by atoms with van der Waals surface area (Å²) in [4.78, 5) is 0.269. The maximum absolute atomic E-state index is 13.2. The topological polar surface area (TPSA) is 37.4 Å². The summed E-state index contributed by atoms with van der Waals surface area (Å²) in [5.74, 6) is 0. The van der Waals surface area contributed by atoms with Gasteiger partial charge in [0.2, 0.25) is 0 Å². The average molecular weight is 402 g/mol.